The van der Waals surface area contributed by atoms with Crippen LogP contribution in [-0.4, -0.2) is 9.97 Å². The van der Waals surface area contributed by atoms with E-state index >= 15 is 0 Å². The molecule has 100 valence electrons. The quantitative estimate of drug-likeness (QED) is 0.399. The average molecular weight is 339 g/mol. The van der Waals surface area contributed by atoms with Gasteiger partial charge in [0.2, 0.25) is 0 Å². The average Bonchev–Trinajstić information content (AvgIpc) is 3.06. The molecule has 4 aromatic rings. The van der Waals surface area contributed by atoms with Gasteiger partial charge in [0.25, 0.3) is 0 Å². The van der Waals surface area contributed by atoms with Gasteiger partial charge in [0.1, 0.15) is 0 Å². The number of nitrogens with zero attached hydrogens (tertiary/aromatic N) is 2. The Balaban J connectivity index is 0.000000121. The third kappa shape index (κ3) is 3.10. The monoisotopic (exact) mass is 338 g/mol. The summed E-state index contributed by atoms with van der Waals surface area (Å²) < 4.78 is 2.33. The van der Waals surface area contributed by atoms with Gasteiger partial charge in [-0.05, 0) is 36.4 Å². The fourth-order valence-electron chi connectivity index (χ4n) is 1.66. The van der Waals surface area contributed by atoms with Gasteiger partial charge in [0.05, 0.1) is 31.5 Å². The Morgan fingerprint density at radius 3 is 2.20 bits per heavy atom. The largest absolute Gasteiger partial charge is 0.245 e. The molecule has 0 aliphatic rings. The first-order valence-corrected chi connectivity index (χ1v) is 8.21. The lowest BCUT2D eigenvalue weighted by Gasteiger charge is -1.86. The Hall–Kier alpha value is -1.20. The molecule has 0 N–H and O–H groups in total. The van der Waals surface area contributed by atoms with Crippen LogP contribution in [0.5, 0.6) is 0 Å². The third-order valence-corrected chi connectivity index (χ3v) is 4.66. The number of fused-ring (bicyclic) bond motifs is 2. The van der Waals surface area contributed by atoms with Gasteiger partial charge in [-0.3, -0.25) is 0 Å². The predicted octanol–water partition coefficient (Wildman–Crippen LogP) is 5.90. The van der Waals surface area contributed by atoms with E-state index in [1.807, 2.05) is 47.4 Å². The van der Waals surface area contributed by atoms with E-state index in [1.165, 1.54) is 4.70 Å². The minimum absolute atomic E-state index is 0.749. The molecule has 4 rings (SSSR count). The number of thiazole rings is 2. The normalized spacial score (nSPS) is 10.5. The molecule has 0 saturated carbocycles. The Kier molecular flexibility index (Phi) is 4.17. The van der Waals surface area contributed by atoms with Crippen molar-refractivity contribution in [1.82, 2.24) is 9.97 Å². The van der Waals surface area contributed by atoms with Crippen LogP contribution in [0, 0.1) is 0 Å². The van der Waals surface area contributed by atoms with Crippen LogP contribution in [0.2, 0.25) is 10.0 Å². The van der Waals surface area contributed by atoms with Gasteiger partial charge in [-0.2, -0.15) is 0 Å². The predicted molar refractivity (Wildman–Crippen MR) is 89.3 cm³/mol. The van der Waals surface area contributed by atoms with E-state index in [0.29, 0.717) is 0 Å². The zero-order chi connectivity index (χ0) is 13.9. The molecule has 0 fully saturated rings. The van der Waals surface area contributed by atoms with E-state index < -0.39 is 0 Å². The molecule has 0 amide bonds. The smallest absolute Gasteiger partial charge is 0.0826 e. The number of hydrogen-bond donors (Lipinski definition) is 0. The van der Waals surface area contributed by atoms with Crippen LogP contribution in [-0.2, 0) is 0 Å². The summed E-state index contributed by atoms with van der Waals surface area (Å²) in [6, 6.07) is 11.4. The zero-order valence-corrected chi connectivity index (χ0v) is 13.2. The molecule has 0 aliphatic heterocycles. The highest BCUT2D eigenvalue weighted by Crippen LogP contribution is 2.21. The van der Waals surface area contributed by atoms with E-state index in [2.05, 4.69) is 9.97 Å². The van der Waals surface area contributed by atoms with Crippen molar-refractivity contribution in [2.75, 3.05) is 0 Å². The van der Waals surface area contributed by atoms with Crippen LogP contribution in [0.1, 0.15) is 0 Å². The van der Waals surface area contributed by atoms with E-state index in [4.69, 9.17) is 23.2 Å². The van der Waals surface area contributed by atoms with Crippen LogP contribution in [0.3, 0.4) is 0 Å². The lowest BCUT2D eigenvalue weighted by Crippen LogP contribution is -1.65. The zero-order valence-electron chi connectivity index (χ0n) is 10.1. The summed E-state index contributed by atoms with van der Waals surface area (Å²) in [5, 5.41) is 1.52. The van der Waals surface area contributed by atoms with Gasteiger partial charge in [0.15, 0.2) is 0 Å². The van der Waals surface area contributed by atoms with Crippen molar-refractivity contribution >= 4 is 66.3 Å². The minimum atomic E-state index is 0.749. The SMILES string of the molecule is Clc1ccc2ncsc2c1.Clc1ccc2scnc2c1. The maximum Gasteiger partial charge on any atom is 0.0826 e. The number of hydrogen-bond acceptors (Lipinski definition) is 4. The third-order valence-electron chi connectivity index (χ3n) is 2.59. The maximum atomic E-state index is 5.75. The molecule has 2 aromatic carbocycles. The summed E-state index contributed by atoms with van der Waals surface area (Å²) in [5.74, 6) is 0. The first-order chi connectivity index (χ1) is 9.72. The second-order valence-corrected chi connectivity index (χ2v) is 6.57. The van der Waals surface area contributed by atoms with Gasteiger partial charge in [-0.15, -0.1) is 22.7 Å². The van der Waals surface area contributed by atoms with Gasteiger partial charge in [-0.25, -0.2) is 9.97 Å². The fourth-order valence-corrected chi connectivity index (χ4v) is 3.44. The van der Waals surface area contributed by atoms with Gasteiger partial charge in [-0.1, -0.05) is 23.2 Å². The van der Waals surface area contributed by atoms with Crippen LogP contribution in [0.25, 0.3) is 20.4 Å². The molecule has 2 nitrogen and oxygen atoms in total. The summed E-state index contributed by atoms with van der Waals surface area (Å²) in [7, 11) is 0. The molecule has 2 heterocycles. The van der Waals surface area contributed by atoms with Crippen molar-refractivity contribution in [2.45, 2.75) is 0 Å². The molecule has 0 spiro atoms. The molecule has 0 aliphatic carbocycles. The van der Waals surface area contributed by atoms with E-state index in [1.54, 1.807) is 22.7 Å². The van der Waals surface area contributed by atoms with Crippen LogP contribution >= 0.6 is 45.9 Å². The highest BCUT2D eigenvalue weighted by molar-refractivity contribution is 7.17. The van der Waals surface area contributed by atoms with Crippen molar-refractivity contribution in [3.63, 3.8) is 0 Å². The summed E-state index contributed by atoms with van der Waals surface area (Å²) in [6.45, 7) is 0. The lowest BCUT2D eigenvalue weighted by atomic mass is 10.3. The van der Waals surface area contributed by atoms with E-state index in [0.717, 1.165) is 25.8 Å². The first kappa shape index (κ1) is 13.8. The highest BCUT2D eigenvalue weighted by atomic mass is 35.5. The van der Waals surface area contributed by atoms with Crippen LogP contribution in [0.4, 0.5) is 0 Å². The molecule has 0 atom stereocenters. The Labute approximate surface area is 133 Å². The van der Waals surface area contributed by atoms with Gasteiger partial charge < -0.3 is 0 Å². The van der Waals surface area contributed by atoms with Crippen molar-refractivity contribution < 1.29 is 0 Å². The Morgan fingerprint density at radius 1 is 0.700 bits per heavy atom. The fraction of sp³-hybridized carbons (Fsp3) is 0. The maximum absolute atomic E-state index is 5.75. The second-order valence-electron chi connectivity index (χ2n) is 3.93. The molecule has 0 unspecified atom stereocenters. The topological polar surface area (TPSA) is 25.8 Å². The number of rotatable bonds is 0. The highest BCUT2D eigenvalue weighted by Gasteiger charge is 1.95. The van der Waals surface area contributed by atoms with E-state index in [-0.39, 0.29) is 0 Å². The number of halogens is 2. The minimum Gasteiger partial charge on any atom is -0.245 e. The first-order valence-electron chi connectivity index (χ1n) is 5.70. The van der Waals surface area contributed by atoms with Crippen molar-refractivity contribution in [3.05, 3.63) is 57.5 Å². The van der Waals surface area contributed by atoms with Crippen molar-refractivity contribution in [3.8, 4) is 0 Å². The number of aromatic nitrogens is 2. The van der Waals surface area contributed by atoms with Crippen LogP contribution in [0.15, 0.2) is 47.4 Å². The summed E-state index contributed by atoms with van der Waals surface area (Å²) in [6.07, 6.45) is 0. The van der Waals surface area contributed by atoms with Gasteiger partial charge in [0, 0.05) is 10.0 Å². The molecule has 0 saturated heterocycles. The van der Waals surface area contributed by atoms with Crippen molar-refractivity contribution in [1.29, 1.82) is 0 Å². The lowest BCUT2D eigenvalue weighted by molar-refractivity contribution is 1.50. The second kappa shape index (κ2) is 6.06. The molecular weight excluding hydrogens is 331 g/mol. The summed E-state index contributed by atoms with van der Waals surface area (Å²) >= 11 is 14.7. The van der Waals surface area contributed by atoms with Crippen LogP contribution < -0.4 is 0 Å². The molecule has 0 bridgehead atoms. The molecular formula is C14H8Cl2N2S2. The molecule has 2 aromatic heterocycles. The Morgan fingerprint density at radius 2 is 1.35 bits per heavy atom. The Bertz CT molecular complexity index is 782. The molecule has 0 radical (unpaired) electrons. The summed E-state index contributed by atoms with van der Waals surface area (Å²) in [4.78, 5) is 8.23. The van der Waals surface area contributed by atoms with Crippen molar-refractivity contribution in [2.24, 2.45) is 0 Å². The number of benzene rings is 2. The standard InChI is InChI=1S/2C7H4ClNS/c8-5-1-2-7-6(3-5)9-4-10-7;8-5-1-2-6-7(3-5)10-4-9-6/h2*1-4H. The summed E-state index contributed by atoms with van der Waals surface area (Å²) in [5.41, 5.74) is 5.65. The molecule has 20 heavy (non-hydrogen) atoms. The van der Waals surface area contributed by atoms with Gasteiger partial charge >= 0.3 is 0 Å². The van der Waals surface area contributed by atoms with E-state index in [9.17, 15) is 0 Å². The molecule has 6 heteroatoms.